The van der Waals surface area contributed by atoms with Gasteiger partial charge in [-0.15, -0.1) is 0 Å². The van der Waals surface area contributed by atoms with Crippen LogP contribution >= 0.6 is 0 Å². The summed E-state index contributed by atoms with van der Waals surface area (Å²) in [5.74, 6) is 0. The van der Waals surface area contributed by atoms with Gasteiger partial charge in [0.25, 0.3) is 0 Å². The molecule has 1 aliphatic carbocycles. The first kappa shape index (κ1) is 17.9. The summed E-state index contributed by atoms with van der Waals surface area (Å²) >= 11 is 0. The van der Waals surface area contributed by atoms with Gasteiger partial charge in [0.15, 0.2) is 0 Å². The van der Waals surface area contributed by atoms with E-state index >= 15 is 0 Å². The summed E-state index contributed by atoms with van der Waals surface area (Å²) in [7, 11) is 0. The Balaban J connectivity index is 1.77. The van der Waals surface area contributed by atoms with Crippen LogP contribution in [-0.4, -0.2) is 0 Å². The van der Waals surface area contributed by atoms with Gasteiger partial charge in [-0.25, -0.2) is 0 Å². The lowest BCUT2D eigenvalue weighted by Crippen LogP contribution is -1.96. The highest BCUT2D eigenvalue weighted by Crippen LogP contribution is 2.50. The molecule has 0 amide bonds. The maximum absolute atomic E-state index is 2.42. The number of benzene rings is 5. The van der Waals surface area contributed by atoms with Crippen LogP contribution in [0.15, 0.2) is 121 Å². The minimum atomic E-state index is 0.977. The van der Waals surface area contributed by atoms with Crippen LogP contribution < -0.4 is 0 Å². The molecule has 31 heavy (non-hydrogen) atoms. The van der Waals surface area contributed by atoms with Gasteiger partial charge >= 0.3 is 0 Å². The molecule has 0 aliphatic heterocycles. The van der Waals surface area contributed by atoms with E-state index in [9.17, 15) is 0 Å². The second-order valence-corrected chi connectivity index (χ2v) is 8.13. The maximum atomic E-state index is 2.42. The second-order valence-electron chi connectivity index (χ2n) is 8.13. The topological polar surface area (TPSA) is 0 Å². The molecule has 0 heteroatoms. The fourth-order valence-electron chi connectivity index (χ4n) is 4.95. The molecule has 0 bridgehead atoms. The van der Waals surface area contributed by atoms with Crippen molar-refractivity contribution in [3.8, 4) is 44.5 Å². The van der Waals surface area contributed by atoms with Crippen LogP contribution in [0.4, 0.5) is 0 Å². The van der Waals surface area contributed by atoms with Crippen LogP contribution in [-0.2, 0) is 6.42 Å². The van der Waals surface area contributed by atoms with E-state index < -0.39 is 0 Å². The molecule has 5 aromatic rings. The second kappa shape index (κ2) is 7.41. The van der Waals surface area contributed by atoms with Crippen LogP contribution in [0.3, 0.4) is 0 Å². The summed E-state index contributed by atoms with van der Waals surface area (Å²) < 4.78 is 0. The van der Waals surface area contributed by atoms with E-state index in [1.165, 1.54) is 55.6 Å². The largest absolute Gasteiger partial charge is 0.0622 e. The standard InChI is InChI=1S/C31H22/c1-4-12-22(13-5-1)27-21-28-26-19-11-10-18-25(26)20-29(28)31(24-16-8-3-9-17-24)30(27)23-14-6-2-7-15-23/h1-19,21H,20H2. The Kier molecular flexibility index (Phi) is 4.28. The van der Waals surface area contributed by atoms with Gasteiger partial charge in [0.1, 0.15) is 0 Å². The number of hydrogen-bond acceptors (Lipinski definition) is 0. The molecular weight excluding hydrogens is 372 g/mol. The first-order valence-corrected chi connectivity index (χ1v) is 10.8. The molecule has 0 atom stereocenters. The van der Waals surface area contributed by atoms with Crippen molar-refractivity contribution in [3.05, 3.63) is 132 Å². The van der Waals surface area contributed by atoms with Crippen molar-refractivity contribution < 1.29 is 0 Å². The Morgan fingerprint density at radius 1 is 0.387 bits per heavy atom. The van der Waals surface area contributed by atoms with Gasteiger partial charge in [-0.1, -0.05) is 115 Å². The van der Waals surface area contributed by atoms with Crippen LogP contribution in [0.5, 0.6) is 0 Å². The zero-order valence-electron chi connectivity index (χ0n) is 17.3. The van der Waals surface area contributed by atoms with E-state index in [0.29, 0.717) is 0 Å². The predicted octanol–water partition coefficient (Wildman–Crippen LogP) is 8.26. The minimum absolute atomic E-state index is 0.977. The van der Waals surface area contributed by atoms with E-state index in [-0.39, 0.29) is 0 Å². The highest BCUT2D eigenvalue weighted by atomic mass is 14.3. The average Bonchev–Trinajstić information content (AvgIpc) is 3.23. The lowest BCUT2D eigenvalue weighted by Gasteiger charge is -2.21. The molecule has 146 valence electrons. The highest BCUT2D eigenvalue weighted by Gasteiger charge is 2.27. The summed E-state index contributed by atoms with van der Waals surface area (Å²) in [6.07, 6.45) is 0.977. The van der Waals surface area contributed by atoms with Crippen LogP contribution in [0.1, 0.15) is 11.1 Å². The Labute approximate surface area is 183 Å². The molecule has 0 nitrogen and oxygen atoms in total. The lowest BCUT2D eigenvalue weighted by atomic mass is 9.82. The smallest absolute Gasteiger partial charge is 0.000705 e. The van der Waals surface area contributed by atoms with Gasteiger partial charge in [0.05, 0.1) is 0 Å². The summed E-state index contributed by atoms with van der Waals surface area (Å²) in [6, 6.07) is 43.8. The molecule has 0 fully saturated rings. The first-order valence-electron chi connectivity index (χ1n) is 10.8. The molecule has 0 saturated carbocycles. The van der Waals surface area contributed by atoms with Crippen molar-refractivity contribution in [2.45, 2.75) is 6.42 Å². The molecule has 0 unspecified atom stereocenters. The number of fused-ring (bicyclic) bond motifs is 3. The monoisotopic (exact) mass is 394 g/mol. The van der Waals surface area contributed by atoms with Gasteiger partial charge in [-0.2, -0.15) is 0 Å². The van der Waals surface area contributed by atoms with Crippen molar-refractivity contribution in [3.63, 3.8) is 0 Å². The third-order valence-corrected chi connectivity index (χ3v) is 6.32. The van der Waals surface area contributed by atoms with Crippen molar-refractivity contribution >= 4 is 0 Å². The summed E-state index contributed by atoms with van der Waals surface area (Å²) in [6.45, 7) is 0. The van der Waals surface area contributed by atoms with Crippen LogP contribution in [0.25, 0.3) is 44.5 Å². The lowest BCUT2D eigenvalue weighted by molar-refractivity contribution is 1.26. The molecular formula is C31H22. The van der Waals surface area contributed by atoms with Gasteiger partial charge in [0, 0.05) is 0 Å². The van der Waals surface area contributed by atoms with Crippen LogP contribution in [0, 0.1) is 0 Å². The summed E-state index contributed by atoms with van der Waals surface area (Å²) in [4.78, 5) is 0. The van der Waals surface area contributed by atoms with Crippen molar-refractivity contribution in [2.24, 2.45) is 0 Å². The molecule has 0 spiro atoms. The van der Waals surface area contributed by atoms with Crippen molar-refractivity contribution in [1.29, 1.82) is 0 Å². The van der Waals surface area contributed by atoms with E-state index in [1.54, 1.807) is 0 Å². The van der Waals surface area contributed by atoms with Gasteiger partial charge in [0.2, 0.25) is 0 Å². The van der Waals surface area contributed by atoms with E-state index in [2.05, 4.69) is 121 Å². The number of hydrogen-bond donors (Lipinski definition) is 0. The summed E-state index contributed by atoms with van der Waals surface area (Å²) in [5, 5.41) is 0. The maximum Gasteiger partial charge on any atom is -0.000705 e. The fourth-order valence-corrected chi connectivity index (χ4v) is 4.95. The van der Waals surface area contributed by atoms with Crippen molar-refractivity contribution in [1.82, 2.24) is 0 Å². The molecule has 0 radical (unpaired) electrons. The average molecular weight is 395 g/mol. The highest BCUT2D eigenvalue weighted by molar-refractivity contribution is 6.01. The predicted molar refractivity (Wildman–Crippen MR) is 131 cm³/mol. The van der Waals surface area contributed by atoms with E-state index in [1.807, 2.05) is 0 Å². The van der Waals surface area contributed by atoms with Crippen LogP contribution in [0.2, 0.25) is 0 Å². The minimum Gasteiger partial charge on any atom is -0.0622 e. The first-order chi connectivity index (χ1) is 15.4. The Morgan fingerprint density at radius 2 is 0.903 bits per heavy atom. The molecule has 0 heterocycles. The molecule has 1 aliphatic rings. The zero-order chi connectivity index (χ0) is 20.6. The van der Waals surface area contributed by atoms with Crippen molar-refractivity contribution in [2.75, 3.05) is 0 Å². The third kappa shape index (κ3) is 3.00. The normalized spacial score (nSPS) is 11.7. The fraction of sp³-hybridized carbons (Fsp3) is 0.0323. The molecule has 0 aromatic heterocycles. The molecule has 5 aromatic carbocycles. The van der Waals surface area contributed by atoms with Gasteiger partial charge in [-0.05, 0) is 68.1 Å². The quantitative estimate of drug-likeness (QED) is 0.283. The Morgan fingerprint density at radius 3 is 1.55 bits per heavy atom. The number of rotatable bonds is 3. The Hall–Kier alpha value is -3.90. The SMILES string of the molecule is c1ccc(-c2cc3c(c(-c4ccccc4)c2-c2ccccc2)Cc2ccccc2-3)cc1. The third-order valence-electron chi connectivity index (χ3n) is 6.32. The van der Waals surface area contributed by atoms with E-state index in [4.69, 9.17) is 0 Å². The van der Waals surface area contributed by atoms with Gasteiger partial charge in [-0.3, -0.25) is 0 Å². The van der Waals surface area contributed by atoms with E-state index in [0.717, 1.165) is 6.42 Å². The summed E-state index contributed by atoms with van der Waals surface area (Å²) in [5.41, 5.74) is 13.4. The van der Waals surface area contributed by atoms with Gasteiger partial charge < -0.3 is 0 Å². The molecule has 6 rings (SSSR count). The molecule has 0 saturated heterocycles. The Bertz CT molecular complexity index is 1360. The molecule has 0 N–H and O–H groups in total. The zero-order valence-corrected chi connectivity index (χ0v) is 17.3.